The number of nitrogens with one attached hydrogen (secondary N) is 1. The molecule has 0 saturated carbocycles. The van der Waals surface area contributed by atoms with E-state index >= 15 is 0 Å². The van der Waals surface area contributed by atoms with Crippen molar-refractivity contribution >= 4 is 32.8 Å². The Labute approximate surface area is 109 Å². The minimum Gasteiger partial charge on any atom is -0.288 e. The van der Waals surface area contributed by atoms with Gasteiger partial charge < -0.3 is 0 Å². The largest absolute Gasteiger partial charge is 0.288 e. The molecular weight excluding hydrogens is 270 g/mol. The molecule has 1 aromatic heterocycles. The summed E-state index contributed by atoms with van der Waals surface area (Å²) in [6.07, 6.45) is 1.05. The van der Waals surface area contributed by atoms with Crippen LogP contribution in [-0.4, -0.2) is 20.5 Å². The van der Waals surface area contributed by atoms with E-state index in [9.17, 15) is 13.2 Å². The van der Waals surface area contributed by atoms with Crippen molar-refractivity contribution in [1.29, 1.82) is 0 Å². The summed E-state index contributed by atoms with van der Waals surface area (Å²) in [6, 6.07) is 10.1. The van der Waals surface area contributed by atoms with Crippen molar-refractivity contribution in [3.8, 4) is 0 Å². The van der Waals surface area contributed by atoms with Gasteiger partial charge in [-0.15, -0.1) is 11.3 Å². The number of carbonyl (C=O) groups excluding carboxylic acids is 1. The van der Waals surface area contributed by atoms with E-state index < -0.39 is 10.0 Å². The number of carbonyl (C=O) groups is 1. The molecule has 0 bridgehead atoms. The lowest BCUT2D eigenvalue weighted by atomic mass is 10.1. The van der Waals surface area contributed by atoms with Crippen LogP contribution in [0.1, 0.15) is 15.2 Å². The Morgan fingerprint density at radius 2 is 1.89 bits per heavy atom. The molecule has 6 heteroatoms. The normalized spacial score (nSPS) is 11.2. The van der Waals surface area contributed by atoms with Gasteiger partial charge in [0, 0.05) is 5.56 Å². The molecule has 0 unspecified atom stereocenters. The van der Waals surface area contributed by atoms with Crippen molar-refractivity contribution in [2.75, 3.05) is 11.0 Å². The lowest BCUT2D eigenvalue weighted by Gasteiger charge is -2.08. The molecule has 0 aliphatic carbocycles. The number of benzene rings is 1. The van der Waals surface area contributed by atoms with Crippen LogP contribution in [-0.2, 0) is 10.0 Å². The lowest BCUT2D eigenvalue weighted by molar-refractivity contribution is 0.104. The van der Waals surface area contributed by atoms with Gasteiger partial charge in [-0.1, -0.05) is 18.2 Å². The second-order valence-electron chi connectivity index (χ2n) is 3.73. The van der Waals surface area contributed by atoms with Crippen molar-refractivity contribution in [3.63, 3.8) is 0 Å². The van der Waals surface area contributed by atoms with Crippen LogP contribution in [0.15, 0.2) is 41.8 Å². The van der Waals surface area contributed by atoms with Crippen LogP contribution in [0.25, 0.3) is 0 Å². The Balaban J connectivity index is 2.42. The lowest BCUT2D eigenvalue weighted by Crippen LogP contribution is -2.13. The van der Waals surface area contributed by atoms with Crippen LogP contribution in [0.3, 0.4) is 0 Å². The Kier molecular flexibility index (Phi) is 3.49. The van der Waals surface area contributed by atoms with Gasteiger partial charge in [0.1, 0.15) is 0 Å². The van der Waals surface area contributed by atoms with E-state index in [0.717, 1.165) is 6.26 Å². The van der Waals surface area contributed by atoms with Crippen molar-refractivity contribution in [2.45, 2.75) is 0 Å². The first-order chi connectivity index (χ1) is 8.47. The highest BCUT2D eigenvalue weighted by atomic mass is 32.2. The summed E-state index contributed by atoms with van der Waals surface area (Å²) in [5, 5.41) is 1.81. The predicted molar refractivity (Wildman–Crippen MR) is 72.7 cm³/mol. The number of hydrogen-bond acceptors (Lipinski definition) is 4. The summed E-state index contributed by atoms with van der Waals surface area (Å²) >= 11 is 1.33. The molecule has 1 aromatic carbocycles. The summed E-state index contributed by atoms with van der Waals surface area (Å²) in [7, 11) is -3.40. The van der Waals surface area contributed by atoms with E-state index in [1.165, 1.54) is 11.3 Å². The molecule has 0 atom stereocenters. The quantitative estimate of drug-likeness (QED) is 0.875. The summed E-state index contributed by atoms with van der Waals surface area (Å²) in [5.41, 5.74) is 0.656. The first kappa shape index (κ1) is 12.8. The van der Waals surface area contributed by atoms with Crippen molar-refractivity contribution in [3.05, 3.63) is 52.2 Å². The zero-order valence-corrected chi connectivity index (χ0v) is 11.2. The van der Waals surface area contributed by atoms with Crippen LogP contribution >= 0.6 is 11.3 Å². The van der Waals surface area contributed by atoms with E-state index in [1.54, 1.807) is 41.8 Å². The van der Waals surface area contributed by atoms with Crippen molar-refractivity contribution in [1.82, 2.24) is 0 Å². The second-order valence-corrected chi connectivity index (χ2v) is 6.42. The molecule has 0 aliphatic heterocycles. The molecule has 0 radical (unpaired) electrons. The molecule has 0 saturated heterocycles. The average Bonchev–Trinajstić information content (AvgIpc) is 2.80. The maximum atomic E-state index is 12.2. The number of sulfonamides is 1. The van der Waals surface area contributed by atoms with Crippen LogP contribution in [0, 0.1) is 0 Å². The van der Waals surface area contributed by atoms with Crippen molar-refractivity contribution < 1.29 is 13.2 Å². The topological polar surface area (TPSA) is 63.2 Å². The third-order valence-corrected chi connectivity index (χ3v) is 3.67. The standard InChI is InChI=1S/C12H11NO3S2/c1-18(15,16)13-10-6-3-2-5-9(10)12(14)11-7-4-8-17-11/h2-8,13H,1H3. The molecule has 2 aromatic rings. The van der Waals surface area contributed by atoms with Crippen LogP contribution in [0.4, 0.5) is 5.69 Å². The molecule has 0 spiro atoms. The first-order valence-corrected chi connectivity index (χ1v) is 7.89. The highest BCUT2D eigenvalue weighted by molar-refractivity contribution is 7.92. The SMILES string of the molecule is CS(=O)(=O)Nc1ccccc1C(=O)c1cccs1. The average molecular weight is 281 g/mol. The molecule has 0 amide bonds. The van der Waals surface area contributed by atoms with Gasteiger partial charge in [0.25, 0.3) is 0 Å². The Morgan fingerprint density at radius 3 is 2.50 bits per heavy atom. The number of rotatable bonds is 4. The van der Waals surface area contributed by atoms with Crippen LogP contribution in [0.2, 0.25) is 0 Å². The molecule has 94 valence electrons. The van der Waals surface area contributed by atoms with E-state index in [-0.39, 0.29) is 5.78 Å². The van der Waals surface area contributed by atoms with Gasteiger partial charge in [-0.05, 0) is 23.6 Å². The van der Waals surface area contributed by atoms with Gasteiger partial charge in [-0.3, -0.25) is 9.52 Å². The number of para-hydroxylation sites is 1. The Bertz CT molecular complexity index is 660. The van der Waals surface area contributed by atoms with Crippen LogP contribution in [0.5, 0.6) is 0 Å². The monoisotopic (exact) mass is 281 g/mol. The fraction of sp³-hybridized carbons (Fsp3) is 0.0833. The van der Waals surface area contributed by atoms with E-state index in [2.05, 4.69) is 4.72 Å². The molecule has 1 heterocycles. The first-order valence-electron chi connectivity index (χ1n) is 5.12. The van der Waals surface area contributed by atoms with Crippen molar-refractivity contribution in [2.24, 2.45) is 0 Å². The fourth-order valence-corrected chi connectivity index (χ4v) is 2.77. The van der Waals surface area contributed by atoms with Gasteiger partial charge in [0.15, 0.2) is 0 Å². The van der Waals surface area contributed by atoms with Crippen LogP contribution < -0.4 is 4.72 Å². The number of anilines is 1. The zero-order chi connectivity index (χ0) is 13.2. The molecule has 0 fully saturated rings. The molecule has 4 nitrogen and oxygen atoms in total. The maximum Gasteiger partial charge on any atom is 0.229 e. The molecule has 1 N–H and O–H groups in total. The molecule has 0 aliphatic rings. The predicted octanol–water partition coefficient (Wildman–Crippen LogP) is 2.35. The van der Waals surface area contributed by atoms with E-state index in [4.69, 9.17) is 0 Å². The Morgan fingerprint density at radius 1 is 1.17 bits per heavy atom. The summed E-state index contributed by atoms with van der Waals surface area (Å²) in [5.74, 6) is -0.184. The second kappa shape index (κ2) is 4.91. The van der Waals surface area contributed by atoms with Gasteiger partial charge in [0.2, 0.25) is 15.8 Å². The Hall–Kier alpha value is -1.66. The third-order valence-electron chi connectivity index (χ3n) is 2.21. The number of hydrogen-bond donors (Lipinski definition) is 1. The number of ketones is 1. The third kappa shape index (κ3) is 2.96. The van der Waals surface area contributed by atoms with E-state index in [1.807, 2.05) is 0 Å². The fourth-order valence-electron chi connectivity index (χ4n) is 1.51. The highest BCUT2D eigenvalue weighted by Crippen LogP contribution is 2.22. The van der Waals surface area contributed by atoms with E-state index in [0.29, 0.717) is 16.1 Å². The maximum absolute atomic E-state index is 12.2. The summed E-state index contributed by atoms with van der Waals surface area (Å²) < 4.78 is 24.8. The highest BCUT2D eigenvalue weighted by Gasteiger charge is 2.15. The van der Waals surface area contributed by atoms with Gasteiger partial charge in [-0.25, -0.2) is 8.42 Å². The summed E-state index contributed by atoms with van der Waals surface area (Å²) in [4.78, 5) is 12.8. The van der Waals surface area contributed by atoms with Gasteiger partial charge >= 0.3 is 0 Å². The molecule has 18 heavy (non-hydrogen) atoms. The molecular formula is C12H11NO3S2. The van der Waals surface area contributed by atoms with Gasteiger partial charge in [-0.2, -0.15) is 0 Å². The van der Waals surface area contributed by atoms with Gasteiger partial charge in [0.05, 0.1) is 16.8 Å². The minimum atomic E-state index is -3.40. The smallest absolute Gasteiger partial charge is 0.229 e. The molecule has 2 rings (SSSR count). The zero-order valence-electron chi connectivity index (χ0n) is 9.58. The summed E-state index contributed by atoms with van der Waals surface area (Å²) in [6.45, 7) is 0. The number of thiophene rings is 1. The minimum absolute atomic E-state index is 0.184.